The molecule has 0 bridgehead atoms. The second-order valence-electron chi connectivity index (χ2n) is 6.01. The molecule has 2 N–H and O–H groups in total. The minimum Gasteiger partial charge on any atom is -0.381 e. The lowest BCUT2D eigenvalue weighted by atomic mass is 9.76. The van der Waals surface area contributed by atoms with Gasteiger partial charge in [0.25, 0.3) is 0 Å². The summed E-state index contributed by atoms with van der Waals surface area (Å²) < 4.78 is 28.4. The van der Waals surface area contributed by atoms with Gasteiger partial charge in [-0.2, -0.15) is 9.40 Å². The predicted octanol–water partition coefficient (Wildman–Crippen LogP) is 1.20. The molecule has 1 saturated carbocycles. The van der Waals surface area contributed by atoms with Crippen molar-refractivity contribution in [1.82, 2.24) is 14.1 Å². The van der Waals surface area contributed by atoms with E-state index in [1.807, 2.05) is 0 Å². The second kappa shape index (κ2) is 5.04. The SMILES string of the molecule is Cn1cc(S(=O)(=O)N2CCC3CCCCC3C2)c(N)n1. The molecule has 1 aromatic heterocycles. The fourth-order valence-electron chi connectivity index (χ4n) is 3.61. The highest BCUT2D eigenvalue weighted by atomic mass is 32.2. The van der Waals surface area contributed by atoms with Crippen molar-refractivity contribution in [2.75, 3.05) is 18.8 Å². The zero-order chi connectivity index (χ0) is 14.3. The summed E-state index contributed by atoms with van der Waals surface area (Å²) >= 11 is 0. The van der Waals surface area contributed by atoms with Crippen LogP contribution < -0.4 is 5.73 Å². The van der Waals surface area contributed by atoms with Crippen LogP contribution in [0.1, 0.15) is 32.1 Å². The molecule has 3 rings (SSSR count). The van der Waals surface area contributed by atoms with E-state index in [2.05, 4.69) is 5.10 Å². The minimum absolute atomic E-state index is 0.0956. The van der Waals surface area contributed by atoms with Gasteiger partial charge in [-0.15, -0.1) is 0 Å². The molecule has 20 heavy (non-hydrogen) atoms. The lowest BCUT2D eigenvalue weighted by molar-refractivity contribution is 0.136. The summed E-state index contributed by atoms with van der Waals surface area (Å²) in [5.41, 5.74) is 5.73. The zero-order valence-electron chi connectivity index (χ0n) is 11.8. The predicted molar refractivity (Wildman–Crippen MR) is 76.4 cm³/mol. The third kappa shape index (κ3) is 2.33. The Bertz CT molecular complexity index is 596. The number of hydrogen-bond acceptors (Lipinski definition) is 4. The van der Waals surface area contributed by atoms with E-state index in [9.17, 15) is 8.42 Å². The molecular formula is C13H22N4O2S. The number of nitrogens with two attached hydrogens (primary N) is 1. The van der Waals surface area contributed by atoms with Crippen LogP contribution in [0.15, 0.2) is 11.1 Å². The third-order valence-corrected chi connectivity index (χ3v) is 6.58. The van der Waals surface area contributed by atoms with Crippen LogP contribution in [0, 0.1) is 11.8 Å². The van der Waals surface area contributed by atoms with Gasteiger partial charge in [-0.3, -0.25) is 4.68 Å². The van der Waals surface area contributed by atoms with Gasteiger partial charge in [0, 0.05) is 26.3 Å². The molecule has 112 valence electrons. The Balaban J connectivity index is 1.83. The number of hydrogen-bond donors (Lipinski definition) is 1. The first-order chi connectivity index (χ1) is 9.48. The molecule has 7 heteroatoms. The van der Waals surface area contributed by atoms with Crippen LogP contribution >= 0.6 is 0 Å². The van der Waals surface area contributed by atoms with Gasteiger partial charge in [-0.1, -0.05) is 19.3 Å². The molecule has 1 aliphatic heterocycles. The number of fused-ring (bicyclic) bond motifs is 1. The van der Waals surface area contributed by atoms with Gasteiger partial charge in [-0.05, 0) is 24.7 Å². The van der Waals surface area contributed by atoms with Crippen molar-refractivity contribution in [1.29, 1.82) is 0 Å². The number of nitrogen functional groups attached to an aromatic ring is 1. The summed E-state index contributed by atoms with van der Waals surface area (Å²) in [5, 5.41) is 3.94. The van der Waals surface area contributed by atoms with Gasteiger partial charge in [0.05, 0.1) is 0 Å². The number of piperidine rings is 1. The molecular weight excluding hydrogens is 276 g/mol. The summed E-state index contributed by atoms with van der Waals surface area (Å²) in [6.45, 7) is 1.25. The Morgan fingerprint density at radius 2 is 1.95 bits per heavy atom. The lowest BCUT2D eigenvalue weighted by Gasteiger charge is -2.40. The van der Waals surface area contributed by atoms with E-state index in [1.165, 1.54) is 30.1 Å². The van der Waals surface area contributed by atoms with E-state index in [4.69, 9.17) is 5.73 Å². The molecule has 6 nitrogen and oxygen atoms in total. The quantitative estimate of drug-likeness (QED) is 0.889. The monoisotopic (exact) mass is 298 g/mol. The van der Waals surface area contributed by atoms with E-state index < -0.39 is 10.0 Å². The van der Waals surface area contributed by atoms with Crippen LogP contribution in [-0.4, -0.2) is 35.6 Å². The van der Waals surface area contributed by atoms with Gasteiger partial charge in [0.15, 0.2) is 5.82 Å². The van der Waals surface area contributed by atoms with E-state index >= 15 is 0 Å². The van der Waals surface area contributed by atoms with Crippen molar-refractivity contribution in [2.45, 2.75) is 37.0 Å². The Morgan fingerprint density at radius 1 is 1.25 bits per heavy atom. The van der Waals surface area contributed by atoms with Crippen molar-refractivity contribution in [3.63, 3.8) is 0 Å². The Labute approximate surface area is 120 Å². The average Bonchev–Trinajstić information content (AvgIpc) is 2.78. The zero-order valence-corrected chi connectivity index (χ0v) is 12.6. The number of aryl methyl sites for hydroxylation is 1. The van der Waals surface area contributed by atoms with Crippen LogP contribution in [0.3, 0.4) is 0 Å². The first-order valence-corrected chi connectivity index (χ1v) is 8.72. The van der Waals surface area contributed by atoms with Gasteiger partial charge in [-0.25, -0.2) is 8.42 Å². The Morgan fingerprint density at radius 3 is 2.60 bits per heavy atom. The first-order valence-electron chi connectivity index (χ1n) is 7.28. The van der Waals surface area contributed by atoms with Crippen LogP contribution in [0.2, 0.25) is 0 Å². The van der Waals surface area contributed by atoms with Crippen molar-refractivity contribution < 1.29 is 8.42 Å². The first kappa shape index (κ1) is 13.9. The van der Waals surface area contributed by atoms with E-state index in [1.54, 1.807) is 11.4 Å². The molecule has 2 heterocycles. The summed E-state index contributed by atoms with van der Waals surface area (Å²) in [7, 11) is -1.81. The van der Waals surface area contributed by atoms with Crippen molar-refractivity contribution >= 4 is 15.8 Å². The van der Waals surface area contributed by atoms with Gasteiger partial charge in [0.1, 0.15) is 4.90 Å². The van der Waals surface area contributed by atoms with Crippen LogP contribution in [0.25, 0.3) is 0 Å². The molecule has 2 atom stereocenters. The highest BCUT2D eigenvalue weighted by molar-refractivity contribution is 7.89. The molecule has 2 aliphatic rings. The van der Waals surface area contributed by atoms with Gasteiger partial charge < -0.3 is 5.73 Å². The maximum absolute atomic E-state index is 12.7. The van der Waals surface area contributed by atoms with Crippen molar-refractivity contribution in [3.05, 3.63) is 6.20 Å². The molecule has 0 aromatic carbocycles. The van der Waals surface area contributed by atoms with Crippen molar-refractivity contribution in [3.8, 4) is 0 Å². The smallest absolute Gasteiger partial charge is 0.248 e. The standard InChI is InChI=1S/C13H22N4O2S/c1-16-9-12(13(14)15-16)20(18,19)17-7-6-10-4-2-3-5-11(10)8-17/h9-11H,2-8H2,1H3,(H2,14,15). The van der Waals surface area contributed by atoms with Crippen LogP contribution in [0.5, 0.6) is 0 Å². The van der Waals surface area contributed by atoms with E-state index in [-0.39, 0.29) is 10.7 Å². The molecule has 1 saturated heterocycles. The summed E-state index contributed by atoms with van der Waals surface area (Å²) in [6.07, 6.45) is 7.40. The number of anilines is 1. The van der Waals surface area contributed by atoms with Crippen LogP contribution in [-0.2, 0) is 17.1 Å². The fourth-order valence-corrected chi connectivity index (χ4v) is 5.21. The maximum Gasteiger partial charge on any atom is 0.248 e. The van der Waals surface area contributed by atoms with Gasteiger partial charge >= 0.3 is 0 Å². The Hall–Kier alpha value is -1.08. The number of rotatable bonds is 2. The number of sulfonamides is 1. The molecule has 1 aliphatic carbocycles. The Kier molecular flexibility index (Phi) is 3.50. The third-order valence-electron chi connectivity index (χ3n) is 4.69. The normalized spacial score (nSPS) is 28.2. The van der Waals surface area contributed by atoms with E-state index in [0.717, 1.165) is 12.8 Å². The van der Waals surface area contributed by atoms with Crippen molar-refractivity contribution in [2.24, 2.45) is 18.9 Å². The lowest BCUT2D eigenvalue weighted by Crippen LogP contribution is -2.44. The topological polar surface area (TPSA) is 81.2 Å². The molecule has 1 aromatic rings. The largest absolute Gasteiger partial charge is 0.381 e. The highest BCUT2D eigenvalue weighted by Gasteiger charge is 2.37. The number of nitrogens with zero attached hydrogens (tertiary/aromatic N) is 3. The van der Waals surface area contributed by atoms with Crippen LogP contribution in [0.4, 0.5) is 5.82 Å². The summed E-state index contributed by atoms with van der Waals surface area (Å²) in [6, 6.07) is 0. The highest BCUT2D eigenvalue weighted by Crippen LogP contribution is 2.38. The summed E-state index contributed by atoms with van der Waals surface area (Å²) in [5.74, 6) is 1.32. The molecule has 0 radical (unpaired) electrons. The molecule has 0 amide bonds. The average molecular weight is 298 g/mol. The van der Waals surface area contributed by atoms with E-state index in [0.29, 0.717) is 24.9 Å². The number of aromatic nitrogens is 2. The van der Waals surface area contributed by atoms with Gasteiger partial charge in [0.2, 0.25) is 10.0 Å². The maximum atomic E-state index is 12.7. The molecule has 2 fully saturated rings. The second-order valence-corrected chi connectivity index (χ2v) is 7.91. The minimum atomic E-state index is -3.50. The molecule has 2 unspecified atom stereocenters. The fraction of sp³-hybridized carbons (Fsp3) is 0.769. The molecule has 0 spiro atoms. The summed E-state index contributed by atoms with van der Waals surface area (Å²) in [4.78, 5) is 0.147.